The number of carbonyl (C=O) groups is 2. The second kappa shape index (κ2) is 13.4. The molecule has 0 bridgehead atoms. The fourth-order valence-corrected chi connectivity index (χ4v) is 7.87. The zero-order valence-electron chi connectivity index (χ0n) is 23.9. The van der Waals surface area contributed by atoms with Crippen molar-refractivity contribution in [3.05, 3.63) is 147 Å². The molecule has 0 radical (unpaired) electrons. The Hall–Kier alpha value is -3.95. The molecule has 3 N–H and O–H groups in total. The summed E-state index contributed by atoms with van der Waals surface area (Å²) in [5.41, 5.74) is 8.45. The first-order valence-electron chi connectivity index (χ1n) is 14.0. The Morgan fingerprint density at radius 1 is 0.886 bits per heavy atom. The van der Waals surface area contributed by atoms with Crippen molar-refractivity contribution in [3.63, 3.8) is 0 Å². The number of hydrogen-bond donors (Lipinski definition) is 2. The first-order chi connectivity index (χ1) is 21.1. The minimum absolute atomic E-state index is 0.117. The number of amides is 2. The van der Waals surface area contributed by atoms with Gasteiger partial charge in [0.1, 0.15) is 6.04 Å². The van der Waals surface area contributed by atoms with Gasteiger partial charge in [0.25, 0.3) is 0 Å². The highest BCUT2D eigenvalue weighted by molar-refractivity contribution is 7.89. The van der Waals surface area contributed by atoms with Gasteiger partial charge in [-0.25, -0.2) is 8.42 Å². The molecule has 1 aliphatic heterocycles. The van der Waals surface area contributed by atoms with Gasteiger partial charge in [0.2, 0.25) is 21.8 Å². The van der Waals surface area contributed by atoms with E-state index in [2.05, 4.69) is 5.32 Å². The first kappa shape index (κ1) is 31.5. The highest BCUT2D eigenvalue weighted by Gasteiger charge is 2.45. The highest BCUT2D eigenvalue weighted by atomic mass is 35.5. The van der Waals surface area contributed by atoms with Crippen molar-refractivity contribution in [2.45, 2.75) is 42.8 Å². The van der Waals surface area contributed by atoms with Crippen LogP contribution in [-0.4, -0.2) is 30.6 Å². The summed E-state index contributed by atoms with van der Waals surface area (Å²) >= 11 is 12.6. The molecule has 4 aromatic rings. The topological polar surface area (TPSA) is 110 Å². The van der Waals surface area contributed by atoms with Crippen molar-refractivity contribution >= 4 is 45.0 Å². The van der Waals surface area contributed by atoms with Crippen LogP contribution >= 0.6 is 23.2 Å². The van der Waals surface area contributed by atoms with Crippen molar-refractivity contribution in [3.8, 4) is 0 Å². The maximum atomic E-state index is 14.7. The van der Waals surface area contributed by atoms with Crippen LogP contribution in [0.1, 0.15) is 40.8 Å². The average Bonchev–Trinajstić information content (AvgIpc) is 3.01. The van der Waals surface area contributed by atoms with Gasteiger partial charge in [-0.2, -0.15) is 4.31 Å². The second-order valence-electron chi connectivity index (χ2n) is 10.6. The van der Waals surface area contributed by atoms with E-state index >= 15 is 0 Å². The van der Waals surface area contributed by atoms with E-state index in [0.29, 0.717) is 26.7 Å². The summed E-state index contributed by atoms with van der Waals surface area (Å²) in [6.07, 6.45) is 2.09. The van der Waals surface area contributed by atoms with E-state index in [1.165, 1.54) is 4.31 Å². The van der Waals surface area contributed by atoms with E-state index in [0.717, 1.165) is 5.56 Å². The van der Waals surface area contributed by atoms with E-state index in [-0.39, 0.29) is 23.3 Å². The van der Waals surface area contributed by atoms with Crippen molar-refractivity contribution in [2.24, 2.45) is 5.73 Å². The fraction of sp³-hybridized carbons (Fsp3) is 0.176. The van der Waals surface area contributed by atoms with E-state index in [9.17, 15) is 18.0 Å². The Kier molecular flexibility index (Phi) is 9.56. The van der Waals surface area contributed by atoms with Gasteiger partial charge in [-0.15, -0.1) is 0 Å². The Morgan fingerprint density at radius 3 is 2.23 bits per heavy atom. The van der Waals surface area contributed by atoms with E-state index in [1.54, 1.807) is 85.8 Å². The fourth-order valence-electron chi connectivity index (χ4n) is 5.54. The van der Waals surface area contributed by atoms with Gasteiger partial charge >= 0.3 is 0 Å². The van der Waals surface area contributed by atoms with E-state index in [1.807, 2.05) is 30.3 Å². The molecule has 0 saturated carbocycles. The molecule has 2 amide bonds. The van der Waals surface area contributed by atoms with Gasteiger partial charge in [-0.1, -0.05) is 102 Å². The van der Waals surface area contributed by atoms with Crippen LogP contribution in [0.15, 0.2) is 120 Å². The SMILES string of the molecule is Cc1ccccc1S(=O)(=O)N1C(c2ccc(Cl)cc2)CC=C(C(=O)NC(Cc2ccccc2)C(N)=O)C1c1cccc(Cl)c1. The lowest BCUT2D eigenvalue weighted by Gasteiger charge is -2.41. The van der Waals surface area contributed by atoms with E-state index in [4.69, 9.17) is 28.9 Å². The molecule has 3 atom stereocenters. The van der Waals surface area contributed by atoms with Crippen LogP contribution in [0, 0.1) is 6.92 Å². The summed E-state index contributed by atoms with van der Waals surface area (Å²) in [5.74, 6) is -1.31. The van der Waals surface area contributed by atoms with Crippen LogP contribution < -0.4 is 11.1 Å². The number of carbonyl (C=O) groups excluding carboxylic acids is 2. The minimum Gasteiger partial charge on any atom is -0.368 e. The maximum absolute atomic E-state index is 14.7. The predicted octanol–water partition coefficient (Wildman–Crippen LogP) is 6.32. The molecule has 1 heterocycles. The summed E-state index contributed by atoms with van der Waals surface area (Å²) in [6.45, 7) is 1.73. The molecule has 3 unspecified atom stereocenters. The predicted molar refractivity (Wildman–Crippen MR) is 173 cm³/mol. The number of hydrogen-bond acceptors (Lipinski definition) is 4. The smallest absolute Gasteiger partial charge is 0.249 e. The van der Waals surface area contributed by atoms with Gasteiger partial charge < -0.3 is 11.1 Å². The zero-order valence-corrected chi connectivity index (χ0v) is 26.2. The molecule has 0 saturated heterocycles. The quantitative estimate of drug-likeness (QED) is 0.222. The maximum Gasteiger partial charge on any atom is 0.249 e. The standard InChI is InChI=1S/C34H31Cl2N3O4S/c1-22-8-5-6-13-31(22)44(42,43)39-30(24-14-16-26(35)17-15-24)19-18-28(32(39)25-11-7-12-27(36)21-25)34(41)38-29(33(37)40)20-23-9-3-2-4-10-23/h2-18,21,29-30,32H,19-20H2,1H3,(H2,37,40)(H,38,41). The normalized spacial score (nSPS) is 17.8. The Labute approximate surface area is 267 Å². The molecule has 0 fully saturated rings. The van der Waals surface area contributed by atoms with Gasteiger partial charge in [-0.3, -0.25) is 9.59 Å². The number of rotatable bonds is 9. The molecule has 0 aromatic heterocycles. The molecule has 0 spiro atoms. The number of halogens is 2. The van der Waals surface area contributed by atoms with Crippen molar-refractivity contribution in [1.29, 1.82) is 0 Å². The highest BCUT2D eigenvalue weighted by Crippen LogP contribution is 2.46. The number of nitrogens with one attached hydrogen (secondary N) is 1. The van der Waals surface area contributed by atoms with E-state index < -0.39 is 40.0 Å². The number of nitrogens with zero attached hydrogens (tertiary/aromatic N) is 1. The minimum atomic E-state index is -4.23. The summed E-state index contributed by atoms with van der Waals surface area (Å²) < 4.78 is 30.8. The van der Waals surface area contributed by atoms with Gasteiger partial charge in [-0.05, 0) is 65.9 Å². The molecular weight excluding hydrogens is 617 g/mol. The van der Waals surface area contributed by atoms with Crippen molar-refractivity contribution < 1.29 is 18.0 Å². The van der Waals surface area contributed by atoms with Crippen molar-refractivity contribution in [1.82, 2.24) is 9.62 Å². The lowest BCUT2D eigenvalue weighted by molar-refractivity contribution is -0.125. The molecule has 1 aliphatic rings. The zero-order chi connectivity index (χ0) is 31.4. The lowest BCUT2D eigenvalue weighted by atomic mass is 9.88. The molecule has 10 heteroatoms. The molecule has 226 valence electrons. The summed E-state index contributed by atoms with van der Waals surface area (Å²) in [4.78, 5) is 26.7. The summed E-state index contributed by atoms with van der Waals surface area (Å²) in [6, 6.07) is 26.9. The lowest BCUT2D eigenvalue weighted by Crippen LogP contribution is -2.49. The average molecular weight is 649 g/mol. The molecule has 5 rings (SSSR count). The number of benzene rings is 4. The summed E-state index contributed by atoms with van der Waals surface area (Å²) in [7, 11) is -4.23. The molecular formula is C34H31Cl2N3O4S. The Bertz CT molecular complexity index is 1810. The van der Waals surface area contributed by atoms with Gasteiger partial charge in [0.15, 0.2) is 0 Å². The van der Waals surface area contributed by atoms with Crippen LogP contribution in [0.2, 0.25) is 10.0 Å². The van der Waals surface area contributed by atoms with Crippen LogP contribution in [0.5, 0.6) is 0 Å². The number of aryl methyl sites for hydroxylation is 1. The molecule has 44 heavy (non-hydrogen) atoms. The number of sulfonamides is 1. The number of primary amides is 1. The van der Waals surface area contributed by atoms with Crippen molar-refractivity contribution in [2.75, 3.05) is 0 Å². The third-order valence-corrected chi connectivity index (χ3v) is 10.2. The number of nitrogens with two attached hydrogens (primary N) is 1. The third-order valence-electron chi connectivity index (χ3n) is 7.68. The third kappa shape index (κ3) is 6.74. The molecule has 4 aromatic carbocycles. The van der Waals surface area contributed by atoms with Crippen LogP contribution in [0.25, 0.3) is 0 Å². The van der Waals surface area contributed by atoms with Crippen LogP contribution in [0.4, 0.5) is 0 Å². The monoisotopic (exact) mass is 647 g/mol. The Balaban J connectivity index is 1.66. The molecule has 0 aliphatic carbocycles. The second-order valence-corrected chi connectivity index (χ2v) is 13.3. The summed E-state index contributed by atoms with van der Waals surface area (Å²) in [5, 5.41) is 3.67. The van der Waals surface area contributed by atoms with Gasteiger partial charge in [0, 0.05) is 22.0 Å². The largest absolute Gasteiger partial charge is 0.368 e. The van der Waals surface area contributed by atoms with Crippen LogP contribution in [0.3, 0.4) is 0 Å². The van der Waals surface area contributed by atoms with Crippen LogP contribution in [-0.2, 0) is 26.0 Å². The van der Waals surface area contributed by atoms with Gasteiger partial charge in [0.05, 0.1) is 17.0 Å². The Morgan fingerprint density at radius 2 is 1.57 bits per heavy atom. The first-order valence-corrected chi connectivity index (χ1v) is 16.2. The molecule has 7 nitrogen and oxygen atoms in total.